The molecule has 0 saturated carbocycles. The van der Waals surface area contributed by atoms with Gasteiger partial charge < -0.3 is 143 Å². The molecule has 6 aliphatic rings. The first kappa shape index (κ1) is 91.8. The van der Waals surface area contributed by atoms with Crippen LogP contribution < -0.4 is 16.0 Å². The van der Waals surface area contributed by atoms with E-state index >= 15 is 0 Å². The minimum Gasteiger partial charge on any atom is -0.400 e. The van der Waals surface area contributed by atoms with Crippen LogP contribution in [-0.2, 0) is 80.0 Å². The molecule has 0 bridgehead atoms. The quantitative estimate of drug-likeness (QED) is 0.0215. The first-order valence-corrected chi connectivity index (χ1v) is 34.6. The van der Waals surface area contributed by atoms with Gasteiger partial charge in [0.1, 0.15) is 73.1 Å². The number of carbonyl (C=O) groups is 6. The molecule has 17 unspecified atom stereocenters. The van der Waals surface area contributed by atoms with Crippen molar-refractivity contribution in [1.82, 2.24) is 30.7 Å². The van der Waals surface area contributed by atoms with Crippen molar-refractivity contribution in [2.24, 2.45) is 0 Å². The van der Waals surface area contributed by atoms with Crippen molar-refractivity contribution in [3.63, 3.8) is 0 Å². The Hall–Kier alpha value is -3.24. The summed E-state index contributed by atoms with van der Waals surface area (Å²) in [5.74, 6) is -2.04. The molecule has 0 aromatic rings. The van der Waals surface area contributed by atoms with Crippen molar-refractivity contribution in [2.45, 2.75) is 267 Å². The summed E-state index contributed by atoms with van der Waals surface area (Å²) < 4.78 is 65.3. The zero-order valence-electron chi connectivity index (χ0n) is 56.7. The van der Waals surface area contributed by atoms with Gasteiger partial charge in [-0.05, 0) is 78.6 Å². The first-order chi connectivity index (χ1) is 46.3. The molecule has 580 valence electrons. The Morgan fingerprint density at radius 2 is 0.737 bits per heavy atom. The van der Waals surface area contributed by atoms with E-state index in [-0.39, 0.29) is 117 Å². The molecule has 23 atom stereocenters. The van der Waals surface area contributed by atoms with Crippen molar-refractivity contribution in [2.75, 3.05) is 93.3 Å². The fourth-order valence-corrected chi connectivity index (χ4v) is 13.5. The molecule has 37 heteroatoms. The predicted molar refractivity (Wildman–Crippen MR) is 356 cm³/mol. The summed E-state index contributed by atoms with van der Waals surface area (Å²) in [5.41, 5.74) is -0.494. The summed E-state index contributed by atoms with van der Waals surface area (Å²) >= 11 is 0. The second kappa shape index (κ2) is 47.3. The normalized spacial score (nSPS) is 32.4. The van der Waals surface area contributed by atoms with Crippen LogP contribution in [0.15, 0.2) is 0 Å². The van der Waals surface area contributed by atoms with E-state index in [9.17, 15) is 79.8 Å². The van der Waals surface area contributed by atoms with Crippen molar-refractivity contribution < 1.29 is 141 Å². The number of aliphatic hydroxyl groups is 12. The number of unbranched alkanes of at least 4 members (excludes halogenated alkanes) is 3. The first-order valence-electron chi connectivity index (χ1n) is 32.9. The smallest absolute Gasteiger partial charge is 0.222 e. The van der Waals surface area contributed by atoms with Gasteiger partial charge in [0.05, 0.1) is 81.7 Å². The zero-order valence-corrected chi connectivity index (χ0v) is 58.7. The summed E-state index contributed by atoms with van der Waals surface area (Å²) in [6.45, 7) is 8.50. The largest absolute Gasteiger partial charge is 0.400 e. The Labute approximate surface area is 584 Å². The predicted octanol–water partition coefficient (Wildman–Crippen LogP) is -3.33. The van der Waals surface area contributed by atoms with Gasteiger partial charge in [-0.2, -0.15) is 0 Å². The van der Waals surface area contributed by atoms with E-state index < -0.39 is 177 Å². The van der Waals surface area contributed by atoms with Crippen LogP contribution >= 0.6 is 18.1 Å². The highest BCUT2D eigenvalue weighted by molar-refractivity contribution is 7.26. The second-order valence-corrected chi connectivity index (χ2v) is 26.8. The molecule has 0 aromatic carbocycles. The van der Waals surface area contributed by atoms with Crippen LogP contribution in [0.25, 0.3) is 0 Å². The summed E-state index contributed by atoms with van der Waals surface area (Å²) in [6.07, 6.45) is -13.2. The maximum atomic E-state index is 14.0. The molecular formula is C62H118N6O29P2. The van der Waals surface area contributed by atoms with E-state index in [1.165, 1.54) is 20.8 Å². The highest BCUT2D eigenvalue weighted by atomic mass is 31.1. The van der Waals surface area contributed by atoms with E-state index in [4.69, 9.17) is 61.5 Å². The topological polar surface area (TPSA) is 493 Å². The third kappa shape index (κ3) is 29.0. The van der Waals surface area contributed by atoms with Crippen LogP contribution in [0, 0.1) is 0 Å². The lowest BCUT2D eigenvalue weighted by Gasteiger charge is -2.42. The number of nitrogens with zero attached hydrogens (tertiary/aromatic N) is 3. The lowest BCUT2D eigenvalue weighted by Crippen LogP contribution is -2.64. The number of rotatable bonds is 36. The monoisotopic (exact) mass is 1470 g/mol. The average molecular weight is 1470 g/mol. The third-order valence-corrected chi connectivity index (χ3v) is 18.3. The molecule has 35 nitrogen and oxygen atoms in total. The van der Waals surface area contributed by atoms with Gasteiger partial charge in [-0.25, -0.2) is 0 Å². The lowest BCUT2D eigenvalue weighted by molar-refractivity contribution is -0.270. The Balaban J connectivity index is 0.00000545. The highest BCUT2D eigenvalue weighted by Gasteiger charge is 2.49. The van der Waals surface area contributed by atoms with Gasteiger partial charge in [0.15, 0.2) is 36.9 Å². The molecule has 99 heavy (non-hydrogen) atoms. The van der Waals surface area contributed by atoms with E-state index in [0.717, 1.165) is 14.2 Å². The SMILES string of the molecule is C.C.CC(=O)NC1C(OCCCCC(=O)N2C[C@H](OPOC[C@@H]3C[C@@H](OPOC[C@@H]4C[C@@H](OC(C)(C)C)CN4C(=O)CCCCOC4OC(CO)C(O)C(O)C4NC(C)=O)CN3C(=O)CCCCOC3OC(CO)C(O)C(O)C3NC(C)=O)C[C@H]2CO)OC(CO)C(O)C1O.CO.CO. The molecule has 0 aromatic heterocycles. The van der Waals surface area contributed by atoms with E-state index in [1.54, 1.807) is 14.7 Å². The molecule has 6 rings (SSSR count). The maximum Gasteiger partial charge on any atom is 0.222 e. The highest BCUT2D eigenvalue weighted by Crippen LogP contribution is 2.35. The van der Waals surface area contributed by atoms with E-state index in [2.05, 4.69) is 16.0 Å². The number of nitrogens with one attached hydrogen (secondary N) is 3. The molecule has 6 fully saturated rings. The Kier molecular flexibility index (Phi) is 43.8. The van der Waals surface area contributed by atoms with Crippen LogP contribution in [-0.4, -0.2) is 339 Å². The number of amides is 6. The molecule has 0 aliphatic carbocycles. The van der Waals surface area contributed by atoms with Crippen molar-refractivity contribution in [3.8, 4) is 0 Å². The fourth-order valence-electron chi connectivity index (χ4n) is 12.3. The standard InChI is InChI=1S/C58H102N6O27P2.2CH4O.2CH4/c1-31(69)59-46-52(78)49(75)40(26-66)86-55(46)81-16-10-7-13-43(72)62-23-38(19-34(62)25-65)90-92-85-30-36-21-39(24-64(36)45(74)15-9-12-18-83-57-48(61-33(3)71)54(80)51(77)42(28-68)88-57)91-93-84-29-35-20-37(89-58(4,5)6)22-63(35)44(73)14-8-11-17-82-56-47(60-32(2)70)53(79)50(76)41(27-67)87-56;2*1-2;;/h34-42,46-57,65-68,75-80,92-93H,7-30H2,1-6H3,(H,59,69)(H,60,70)(H,61,71);2*2H,1H3;2*1H4/t34-,35-,36-,37+,38+,39+,40?,41?,42?,46?,47?,48?,49?,50?,51?,52?,53?,54?,55?,56?,57?;;;;/m0..../s1. The van der Waals surface area contributed by atoms with Crippen molar-refractivity contribution in [3.05, 3.63) is 0 Å². The molecule has 6 aliphatic heterocycles. The van der Waals surface area contributed by atoms with Gasteiger partial charge in [-0.3, -0.25) is 28.8 Å². The van der Waals surface area contributed by atoms with Crippen LogP contribution in [0.3, 0.4) is 0 Å². The number of aliphatic hydroxyl groups excluding tert-OH is 12. The molecule has 0 spiro atoms. The van der Waals surface area contributed by atoms with Gasteiger partial charge >= 0.3 is 0 Å². The van der Waals surface area contributed by atoms with Crippen LogP contribution in [0.1, 0.15) is 133 Å². The summed E-state index contributed by atoms with van der Waals surface area (Å²) in [4.78, 5) is 81.9. The molecule has 0 radical (unpaired) electrons. The van der Waals surface area contributed by atoms with Gasteiger partial charge in [-0.1, -0.05) is 14.9 Å². The van der Waals surface area contributed by atoms with Crippen LogP contribution in [0.5, 0.6) is 0 Å². The summed E-state index contributed by atoms with van der Waals surface area (Å²) in [6, 6.07) is -4.65. The van der Waals surface area contributed by atoms with Crippen molar-refractivity contribution >= 4 is 53.5 Å². The number of hydrogen-bond donors (Lipinski definition) is 15. The van der Waals surface area contributed by atoms with Gasteiger partial charge in [0.2, 0.25) is 35.4 Å². The molecule has 6 heterocycles. The number of carbonyl (C=O) groups excluding carboxylic acids is 6. The van der Waals surface area contributed by atoms with E-state index in [0.29, 0.717) is 64.3 Å². The van der Waals surface area contributed by atoms with Gasteiger partial charge in [0, 0.05) is 93.7 Å². The molecule has 6 saturated heterocycles. The van der Waals surface area contributed by atoms with Crippen LogP contribution in [0.4, 0.5) is 0 Å². The second-order valence-electron chi connectivity index (χ2n) is 25.4. The van der Waals surface area contributed by atoms with Crippen molar-refractivity contribution in [1.29, 1.82) is 0 Å². The minimum absolute atomic E-state index is 0. The van der Waals surface area contributed by atoms with Gasteiger partial charge in [-0.15, -0.1) is 0 Å². The number of likely N-dealkylation sites (tertiary alicyclic amines) is 3. The molecule has 6 amide bonds. The molecule has 15 N–H and O–H groups in total. The third-order valence-electron chi connectivity index (χ3n) is 16.9. The van der Waals surface area contributed by atoms with E-state index in [1.807, 2.05) is 20.8 Å². The number of ether oxygens (including phenoxy) is 7. The Bertz CT molecular complexity index is 2330. The Morgan fingerprint density at radius 3 is 1.03 bits per heavy atom. The average Bonchev–Trinajstić information content (AvgIpc) is 1.81. The Morgan fingerprint density at radius 1 is 0.444 bits per heavy atom. The van der Waals surface area contributed by atoms with Crippen LogP contribution in [0.2, 0.25) is 0 Å². The zero-order chi connectivity index (χ0) is 72.1. The maximum absolute atomic E-state index is 14.0. The molecular weight excluding hydrogens is 1350 g/mol. The fraction of sp³-hybridized carbons (Fsp3) is 0.903. The van der Waals surface area contributed by atoms with Gasteiger partial charge in [0.25, 0.3) is 0 Å². The summed E-state index contributed by atoms with van der Waals surface area (Å²) in [7, 11) is 1.02. The summed E-state index contributed by atoms with van der Waals surface area (Å²) in [5, 5.41) is 124. The minimum atomic E-state index is -1.49. The lowest BCUT2D eigenvalue weighted by atomic mass is 9.97. The number of hydrogen-bond acceptors (Lipinski definition) is 29.